The molecule has 5 rings (SSSR count). The quantitative estimate of drug-likeness (QED) is 0.623. The van der Waals surface area contributed by atoms with Gasteiger partial charge in [0.2, 0.25) is 11.6 Å². The molecule has 2 aliphatic heterocycles. The molecule has 0 unspecified atom stereocenters. The van der Waals surface area contributed by atoms with E-state index in [2.05, 4.69) is 20.5 Å². The van der Waals surface area contributed by atoms with Crippen molar-refractivity contribution in [1.29, 1.82) is 0 Å². The molecule has 29 heavy (non-hydrogen) atoms. The van der Waals surface area contributed by atoms with Crippen LogP contribution in [-0.2, 0) is 16.5 Å². The van der Waals surface area contributed by atoms with Crippen LogP contribution in [0, 0.1) is 11.7 Å². The van der Waals surface area contributed by atoms with Gasteiger partial charge in [-0.2, -0.15) is 0 Å². The molecule has 1 N–H and O–H groups in total. The van der Waals surface area contributed by atoms with Gasteiger partial charge in [0.1, 0.15) is 17.9 Å². The third kappa shape index (κ3) is 3.19. The summed E-state index contributed by atoms with van der Waals surface area (Å²) in [6.45, 7) is 2.30. The van der Waals surface area contributed by atoms with E-state index in [1.807, 2.05) is 0 Å². The van der Waals surface area contributed by atoms with Crippen LogP contribution in [0.4, 0.5) is 10.3 Å². The highest BCUT2D eigenvalue weighted by atomic mass is 19.1. The van der Waals surface area contributed by atoms with Gasteiger partial charge in [0.05, 0.1) is 48.3 Å². The molecule has 11 heteroatoms. The number of benzene rings is 1. The zero-order valence-electron chi connectivity index (χ0n) is 15.5. The standard InChI is InChI=1S/C18H16B2FN5O3/c19-18(20,15-11-3-4-28-13(11)2-1-12(15)21)24-17-22-5-14(16-25-23-9-26(16)17)29-8-10-6-27-7-10/h1-2,5,9-10H,3-4,6-8H2,(H,22,24). The van der Waals surface area contributed by atoms with E-state index in [0.717, 1.165) is 0 Å². The van der Waals surface area contributed by atoms with E-state index >= 15 is 0 Å². The molecule has 1 fully saturated rings. The summed E-state index contributed by atoms with van der Waals surface area (Å²) in [6.07, 6.45) is 3.49. The first-order chi connectivity index (χ1) is 14.0. The smallest absolute Gasteiger partial charge is 0.209 e. The second kappa shape index (κ2) is 6.91. The van der Waals surface area contributed by atoms with E-state index in [1.165, 1.54) is 18.6 Å². The fourth-order valence-electron chi connectivity index (χ4n) is 3.52. The van der Waals surface area contributed by atoms with Crippen LogP contribution in [0.2, 0.25) is 0 Å². The molecule has 2 aliphatic rings. The Morgan fingerprint density at radius 1 is 1.34 bits per heavy atom. The molecule has 0 aliphatic carbocycles. The number of anilines is 1. The van der Waals surface area contributed by atoms with Crippen LogP contribution >= 0.6 is 0 Å². The minimum atomic E-state index is -1.74. The first-order valence-electron chi connectivity index (χ1n) is 9.23. The molecular formula is C18H16B2FN5O3. The highest BCUT2D eigenvalue weighted by Crippen LogP contribution is 2.35. The van der Waals surface area contributed by atoms with Gasteiger partial charge in [-0.25, -0.2) is 13.8 Å². The molecule has 144 valence electrons. The lowest BCUT2D eigenvalue weighted by Gasteiger charge is -2.31. The number of aromatic nitrogens is 4. The molecule has 2 aromatic heterocycles. The molecule has 1 saturated heterocycles. The SMILES string of the molecule is [B]C([B])(Nc1ncc(OCC2COC2)c2nncn12)c1c(F)ccc2c1CCO2. The van der Waals surface area contributed by atoms with E-state index in [4.69, 9.17) is 29.9 Å². The van der Waals surface area contributed by atoms with Gasteiger partial charge in [-0.05, 0) is 17.5 Å². The Morgan fingerprint density at radius 3 is 3.00 bits per heavy atom. The summed E-state index contributed by atoms with van der Waals surface area (Å²) < 4.78 is 32.6. The van der Waals surface area contributed by atoms with Gasteiger partial charge in [0.15, 0.2) is 5.75 Å². The summed E-state index contributed by atoms with van der Waals surface area (Å²) in [5.41, 5.74) is 1.23. The molecule has 4 radical (unpaired) electrons. The van der Waals surface area contributed by atoms with E-state index < -0.39 is 11.2 Å². The van der Waals surface area contributed by atoms with Crippen LogP contribution in [0.5, 0.6) is 11.5 Å². The lowest BCUT2D eigenvalue weighted by Crippen LogP contribution is -2.39. The minimum absolute atomic E-state index is 0.140. The lowest BCUT2D eigenvalue weighted by molar-refractivity contribution is -0.0507. The Kier molecular flexibility index (Phi) is 4.34. The third-order valence-corrected chi connectivity index (χ3v) is 5.04. The number of halogens is 1. The van der Waals surface area contributed by atoms with Crippen molar-refractivity contribution in [3.05, 3.63) is 41.6 Å². The van der Waals surface area contributed by atoms with Crippen molar-refractivity contribution < 1.29 is 18.6 Å². The van der Waals surface area contributed by atoms with E-state index in [0.29, 0.717) is 61.5 Å². The van der Waals surface area contributed by atoms with Crippen molar-refractivity contribution in [2.24, 2.45) is 5.92 Å². The van der Waals surface area contributed by atoms with Gasteiger partial charge < -0.3 is 19.5 Å². The summed E-state index contributed by atoms with van der Waals surface area (Å²) in [5, 5.41) is 9.16. The highest BCUT2D eigenvalue weighted by Gasteiger charge is 2.31. The fourth-order valence-corrected chi connectivity index (χ4v) is 3.52. The van der Waals surface area contributed by atoms with Gasteiger partial charge in [-0.3, -0.25) is 0 Å². The van der Waals surface area contributed by atoms with E-state index in [-0.39, 0.29) is 11.5 Å². The zero-order chi connectivity index (χ0) is 20.0. The monoisotopic (exact) mass is 391 g/mol. The van der Waals surface area contributed by atoms with Crippen molar-refractivity contribution in [2.45, 2.75) is 11.8 Å². The predicted molar refractivity (Wildman–Crippen MR) is 103 cm³/mol. The van der Waals surface area contributed by atoms with Crippen molar-refractivity contribution in [1.82, 2.24) is 19.6 Å². The zero-order valence-corrected chi connectivity index (χ0v) is 15.5. The minimum Gasteiger partial charge on any atom is -0.493 e. The Balaban J connectivity index is 1.46. The molecule has 4 heterocycles. The van der Waals surface area contributed by atoms with E-state index in [9.17, 15) is 4.39 Å². The number of rotatable bonds is 6. The summed E-state index contributed by atoms with van der Waals surface area (Å²) in [6, 6.07) is 2.87. The number of fused-ring (bicyclic) bond motifs is 2. The molecule has 0 spiro atoms. The molecule has 0 saturated carbocycles. The van der Waals surface area contributed by atoms with Crippen molar-refractivity contribution in [2.75, 3.05) is 31.7 Å². The van der Waals surface area contributed by atoms with Crippen LogP contribution in [0.3, 0.4) is 0 Å². The molecule has 3 aromatic rings. The Labute approximate surface area is 168 Å². The number of hydrogen-bond acceptors (Lipinski definition) is 7. The number of nitrogens with zero attached hydrogens (tertiary/aromatic N) is 4. The third-order valence-electron chi connectivity index (χ3n) is 5.04. The summed E-state index contributed by atoms with van der Waals surface area (Å²) >= 11 is 0. The van der Waals surface area contributed by atoms with Crippen LogP contribution < -0.4 is 14.8 Å². The van der Waals surface area contributed by atoms with Crippen LogP contribution in [0.15, 0.2) is 24.7 Å². The first-order valence-corrected chi connectivity index (χ1v) is 9.23. The molecule has 0 bridgehead atoms. The van der Waals surface area contributed by atoms with Crippen molar-refractivity contribution in [3.63, 3.8) is 0 Å². The fraction of sp³-hybridized carbons (Fsp3) is 0.389. The van der Waals surface area contributed by atoms with Crippen LogP contribution in [0.25, 0.3) is 5.65 Å². The van der Waals surface area contributed by atoms with Crippen LogP contribution in [-0.4, -0.2) is 61.7 Å². The topological polar surface area (TPSA) is 82.8 Å². The second-order valence-corrected chi connectivity index (χ2v) is 7.18. The lowest BCUT2D eigenvalue weighted by atomic mass is 9.57. The van der Waals surface area contributed by atoms with Crippen LogP contribution in [0.1, 0.15) is 11.1 Å². The normalized spacial score (nSPS) is 16.3. The predicted octanol–water partition coefficient (Wildman–Crippen LogP) is 0.783. The Hall–Kier alpha value is -2.81. The molecule has 0 amide bonds. The summed E-state index contributed by atoms with van der Waals surface area (Å²) in [5.74, 6) is 1.14. The van der Waals surface area contributed by atoms with Crippen molar-refractivity contribution in [3.8, 4) is 11.5 Å². The average molecular weight is 391 g/mol. The van der Waals surface area contributed by atoms with Gasteiger partial charge in [0.25, 0.3) is 0 Å². The molecular weight excluding hydrogens is 375 g/mol. The van der Waals surface area contributed by atoms with E-state index in [1.54, 1.807) is 10.5 Å². The highest BCUT2D eigenvalue weighted by molar-refractivity contribution is 6.41. The summed E-state index contributed by atoms with van der Waals surface area (Å²) in [4.78, 5) is 4.34. The van der Waals surface area contributed by atoms with Gasteiger partial charge >= 0.3 is 0 Å². The first kappa shape index (κ1) is 18.2. The van der Waals surface area contributed by atoms with Gasteiger partial charge in [-0.1, -0.05) is 0 Å². The summed E-state index contributed by atoms with van der Waals surface area (Å²) in [7, 11) is 12.6. The Bertz CT molecular complexity index is 1070. The molecule has 1 aromatic carbocycles. The van der Waals surface area contributed by atoms with Gasteiger partial charge in [0, 0.05) is 23.5 Å². The molecule has 8 nitrogen and oxygen atoms in total. The van der Waals surface area contributed by atoms with Crippen molar-refractivity contribution >= 4 is 27.3 Å². The number of ether oxygens (including phenoxy) is 3. The maximum atomic E-state index is 14.6. The second-order valence-electron chi connectivity index (χ2n) is 7.18. The maximum absolute atomic E-state index is 14.6. The maximum Gasteiger partial charge on any atom is 0.209 e. The van der Waals surface area contributed by atoms with Gasteiger partial charge in [-0.15, -0.1) is 10.2 Å². The largest absolute Gasteiger partial charge is 0.493 e. The average Bonchev–Trinajstić information content (AvgIpc) is 3.30. The number of hydrogen-bond donors (Lipinski definition) is 1. The Morgan fingerprint density at radius 2 is 2.21 bits per heavy atom. The molecule has 0 atom stereocenters. The number of nitrogens with one attached hydrogen (secondary N) is 1.